The Balaban J connectivity index is 1.51. The van der Waals surface area contributed by atoms with Crippen LogP contribution in [0.4, 0.5) is 17.1 Å². The number of nitrogens with one attached hydrogen (secondary N) is 1. The zero-order valence-electron chi connectivity index (χ0n) is 16.0. The molecule has 0 bridgehead atoms. The highest BCUT2D eigenvalue weighted by Gasteiger charge is 2.33. The number of fused-ring (bicyclic) bond motifs is 2. The zero-order chi connectivity index (χ0) is 19.1. The highest BCUT2D eigenvalue weighted by molar-refractivity contribution is 6.01. The topological polar surface area (TPSA) is 52.7 Å². The summed E-state index contributed by atoms with van der Waals surface area (Å²) in [4.78, 5) is 28.5. The average molecular weight is 363 g/mol. The fraction of sp³-hybridized carbons (Fsp3) is 0.364. The van der Waals surface area contributed by atoms with E-state index in [-0.39, 0.29) is 23.9 Å². The van der Waals surface area contributed by atoms with E-state index in [4.69, 9.17) is 0 Å². The molecule has 27 heavy (non-hydrogen) atoms. The first-order valence-corrected chi connectivity index (χ1v) is 9.54. The van der Waals surface area contributed by atoms with Crippen LogP contribution in [0.1, 0.15) is 31.9 Å². The van der Waals surface area contributed by atoms with Gasteiger partial charge in [0.1, 0.15) is 6.04 Å². The van der Waals surface area contributed by atoms with Crippen molar-refractivity contribution in [3.63, 3.8) is 0 Å². The second-order valence-corrected chi connectivity index (χ2v) is 7.52. The molecule has 2 amide bonds. The van der Waals surface area contributed by atoms with Gasteiger partial charge in [0.15, 0.2) is 0 Å². The molecule has 5 heteroatoms. The van der Waals surface area contributed by atoms with Crippen LogP contribution in [0.25, 0.3) is 0 Å². The third-order valence-corrected chi connectivity index (χ3v) is 5.55. The Labute approximate surface area is 160 Å². The van der Waals surface area contributed by atoms with E-state index in [1.807, 2.05) is 42.2 Å². The SMILES string of the molecule is CC(=O)N1CCc2cc(N[C@@H](C)C(=O)N3c4ccccc4C[C@@H]3C)ccc21. The fourth-order valence-corrected chi connectivity index (χ4v) is 4.24. The predicted molar refractivity (Wildman–Crippen MR) is 108 cm³/mol. The maximum absolute atomic E-state index is 13.1. The molecule has 1 N–H and O–H groups in total. The molecule has 0 aromatic heterocycles. The molecule has 0 spiro atoms. The lowest BCUT2D eigenvalue weighted by molar-refractivity contribution is -0.119. The Morgan fingerprint density at radius 3 is 2.67 bits per heavy atom. The van der Waals surface area contributed by atoms with Gasteiger partial charge < -0.3 is 15.1 Å². The summed E-state index contributed by atoms with van der Waals surface area (Å²) in [6.45, 7) is 6.32. The number of amides is 2. The number of anilines is 3. The lowest BCUT2D eigenvalue weighted by Gasteiger charge is -2.27. The largest absolute Gasteiger partial charge is 0.374 e. The van der Waals surface area contributed by atoms with E-state index in [1.165, 1.54) is 5.56 Å². The van der Waals surface area contributed by atoms with Crippen molar-refractivity contribution in [3.05, 3.63) is 53.6 Å². The molecule has 2 aliphatic heterocycles. The van der Waals surface area contributed by atoms with Gasteiger partial charge in [-0.1, -0.05) is 18.2 Å². The van der Waals surface area contributed by atoms with E-state index in [0.717, 1.165) is 42.0 Å². The highest BCUT2D eigenvalue weighted by atomic mass is 16.2. The number of hydrogen-bond donors (Lipinski definition) is 1. The van der Waals surface area contributed by atoms with Crippen molar-refractivity contribution in [2.24, 2.45) is 0 Å². The predicted octanol–water partition coefficient (Wildman–Crippen LogP) is 3.37. The maximum Gasteiger partial charge on any atom is 0.249 e. The molecule has 2 aliphatic rings. The van der Waals surface area contributed by atoms with E-state index in [0.29, 0.717) is 0 Å². The van der Waals surface area contributed by atoms with Crippen molar-refractivity contribution in [2.75, 3.05) is 21.7 Å². The molecule has 0 fully saturated rings. The van der Waals surface area contributed by atoms with Gasteiger partial charge in [-0.15, -0.1) is 0 Å². The van der Waals surface area contributed by atoms with Gasteiger partial charge in [-0.3, -0.25) is 9.59 Å². The first-order valence-electron chi connectivity index (χ1n) is 9.54. The number of nitrogens with zero attached hydrogens (tertiary/aromatic N) is 2. The summed E-state index contributed by atoms with van der Waals surface area (Å²) in [5.41, 5.74) is 5.30. The van der Waals surface area contributed by atoms with E-state index in [9.17, 15) is 9.59 Å². The van der Waals surface area contributed by atoms with Crippen molar-refractivity contribution in [3.8, 4) is 0 Å². The zero-order valence-corrected chi connectivity index (χ0v) is 16.0. The Morgan fingerprint density at radius 1 is 1.11 bits per heavy atom. The van der Waals surface area contributed by atoms with Crippen LogP contribution >= 0.6 is 0 Å². The standard InChI is InChI=1S/C22H25N3O2/c1-14-12-17-6-4-5-7-21(17)25(14)22(27)15(2)23-19-8-9-20-18(13-19)10-11-24(20)16(3)26/h4-9,13-15,23H,10-12H2,1-3H3/t14-,15-/m0/s1. The van der Waals surface area contributed by atoms with Crippen LogP contribution in [-0.2, 0) is 22.4 Å². The second-order valence-electron chi connectivity index (χ2n) is 7.52. The number of hydrogen-bond acceptors (Lipinski definition) is 3. The van der Waals surface area contributed by atoms with Gasteiger partial charge in [0, 0.05) is 36.6 Å². The summed E-state index contributed by atoms with van der Waals surface area (Å²) in [5, 5.41) is 3.35. The van der Waals surface area contributed by atoms with Gasteiger partial charge in [0.2, 0.25) is 11.8 Å². The van der Waals surface area contributed by atoms with Gasteiger partial charge in [-0.25, -0.2) is 0 Å². The molecule has 4 rings (SSSR count). The van der Waals surface area contributed by atoms with Crippen LogP contribution < -0.4 is 15.1 Å². The summed E-state index contributed by atoms with van der Waals surface area (Å²) in [7, 11) is 0. The second kappa shape index (κ2) is 6.72. The molecule has 2 atom stereocenters. The molecule has 2 heterocycles. The molecule has 5 nitrogen and oxygen atoms in total. The summed E-state index contributed by atoms with van der Waals surface area (Å²) in [6.07, 6.45) is 1.75. The Hall–Kier alpha value is -2.82. The van der Waals surface area contributed by atoms with Crippen LogP contribution in [-0.4, -0.2) is 30.4 Å². The molecular formula is C22H25N3O2. The number of para-hydroxylation sites is 1. The van der Waals surface area contributed by atoms with Crippen molar-refractivity contribution >= 4 is 28.9 Å². The molecular weight excluding hydrogens is 338 g/mol. The minimum atomic E-state index is -0.332. The molecule has 2 aromatic rings. The van der Waals surface area contributed by atoms with E-state index < -0.39 is 0 Å². The third-order valence-electron chi connectivity index (χ3n) is 5.55. The molecule has 0 unspecified atom stereocenters. The first-order chi connectivity index (χ1) is 13.0. The van der Waals surface area contributed by atoms with Crippen molar-refractivity contribution in [1.29, 1.82) is 0 Å². The van der Waals surface area contributed by atoms with Crippen LogP contribution in [0.3, 0.4) is 0 Å². The molecule has 0 aliphatic carbocycles. The Kier molecular flexibility index (Phi) is 4.38. The smallest absolute Gasteiger partial charge is 0.249 e. The van der Waals surface area contributed by atoms with E-state index >= 15 is 0 Å². The Bertz CT molecular complexity index is 908. The molecule has 2 aromatic carbocycles. The van der Waals surface area contributed by atoms with Crippen molar-refractivity contribution in [2.45, 2.75) is 45.7 Å². The van der Waals surface area contributed by atoms with E-state index in [1.54, 1.807) is 11.8 Å². The maximum atomic E-state index is 13.1. The van der Waals surface area contributed by atoms with Crippen molar-refractivity contribution < 1.29 is 9.59 Å². The van der Waals surface area contributed by atoms with Gasteiger partial charge in [-0.05, 0) is 62.1 Å². The molecule has 0 radical (unpaired) electrons. The third kappa shape index (κ3) is 3.07. The molecule has 0 saturated heterocycles. The minimum absolute atomic E-state index is 0.0692. The number of benzene rings is 2. The summed E-state index contributed by atoms with van der Waals surface area (Å²) >= 11 is 0. The van der Waals surface area contributed by atoms with Crippen LogP contribution in [0.2, 0.25) is 0 Å². The average Bonchev–Trinajstić information content (AvgIpc) is 3.20. The van der Waals surface area contributed by atoms with Crippen LogP contribution in [0.5, 0.6) is 0 Å². The van der Waals surface area contributed by atoms with Crippen LogP contribution in [0, 0.1) is 0 Å². The van der Waals surface area contributed by atoms with Gasteiger partial charge in [0.05, 0.1) is 0 Å². The minimum Gasteiger partial charge on any atom is -0.374 e. The first kappa shape index (κ1) is 17.6. The molecule has 140 valence electrons. The van der Waals surface area contributed by atoms with E-state index in [2.05, 4.69) is 24.4 Å². The molecule has 0 saturated carbocycles. The number of rotatable bonds is 3. The van der Waals surface area contributed by atoms with Gasteiger partial charge >= 0.3 is 0 Å². The normalized spacial score (nSPS) is 18.9. The summed E-state index contributed by atoms with van der Waals surface area (Å²) in [5.74, 6) is 0.151. The lowest BCUT2D eigenvalue weighted by atomic mass is 10.1. The van der Waals surface area contributed by atoms with Crippen molar-refractivity contribution in [1.82, 2.24) is 0 Å². The quantitative estimate of drug-likeness (QED) is 0.910. The lowest BCUT2D eigenvalue weighted by Crippen LogP contribution is -2.44. The van der Waals surface area contributed by atoms with Gasteiger partial charge in [0.25, 0.3) is 0 Å². The van der Waals surface area contributed by atoms with Gasteiger partial charge in [-0.2, -0.15) is 0 Å². The Morgan fingerprint density at radius 2 is 1.89 bits per heavy atom. The number of carbonyl (C=O) groups is 2. The highest BCUT2D eigenvalue weighted by Crippen LogP contribution is 2.33. The summed E-state index contributed by atoms with van der Waals surface area (Å²) in [6, 6.07) is 13.9. The summed E-state index contributed by atoms with van der Waals surface area (Å²) < 4.78 is 0. The fourth-order valence-electron chi connectivity index (χ4n) is 4.24. The monoisotopic (exact) mass is 363 g/mol. The number of carbonyl (C=O) groups excluding carboxylic acids is 2. The van der Waals surface area contributed by atoms with Crippen LogP contribution in [0.15, 0.2) is 42.5 Å².